The highest BCUT2D eigenvalue weighted by Crippen LogP contribution is 2.23. The molecule has 0 aliphatic rings. The van der Waals surface area contributed by atoms with Gasteiger partial charge in [0.2, 0.25) is 0 Å². The van der Waals surface area contributed by atoms with Crippen LogP contribution in [0.5, 0.6) is 0 Å². The highest BCUT2D eigenvalue weighted by molar-refractivity contribution is 6.05. The number of pyridine rings is 1. The highest BCUT2D eigenvalue weighted by atomic mass is 16.2. The minimum Gasteiger partial charge on any atom is -0.340 e. The number of hydrogen-bond acceptors (Lipinski definition) is 4. The van der Waals surface area contributed by atoms with Crippen LogP contribution in [0.15, 0.2) is 12.3 Å². The third-order valence-electron chi connectivity index (χ3n) is 3.98. The van der Waals surface area contributed by atoms with E-state index in [2.05, 4.69) is 29.2 Å². The molecule has 2 heterocycles. The maximum absolute atomic E-state index is 12.7. The Kier molecular flexibility index (Phi) is 5.13. The van der Waals surface area contributed by atoms with Crippen molar-refractivity contribution in [3.05, 3.63) is 23.5 Å². The first-order valence-electron chi connectivity index (χ1n) is 7.74. The first-order valence-corrected chi connectivity index (χ1v) is 7.74. The minimum absolute atomic E-state index is 0.00875. The van der Waals surface area contributed by atoms with Crippen molar-refractivity contribution < 1.29 is 4.79 Å². The zero-order valence-electron chi connectivity index (χ0n) is 14.1. The van der Waals surface area contributed by atoms with Crippen LogP contribution in [-0.2, 0) is 0 Å². The fourth-order valence-electron chi connectivity index (χ4n) is 2.40. The Morgan fingerprint density at radius 2 is 2.23 bits per heavy atom. The Labute approximate surface area is 131 Å². The van der Waals surface area contributed by atoms with Crippen LogP contribution < -0.4 is 5.32 Å². The number of carbonyl (C=O) groups excluding carboxylic acids is 1. The lowest BCUT2D eigenvalue weighted by Gasteiger charge is -2.18. The largest absolute Gasteiger partial charge is 0.340 e. The molecule has 0 aromatic carbocycles. The van der Waals surface area contributed by atoms with Gasteiger partial charge in [0.1, 0.15) is 0 Å². The van der Waals surface area contributed by atoms with Gasteiger partial charge in [0.25, 0.3) is 5.91 Å². The van der Waals surface area contributed by atoms with Gasteiger partial charge in [0, 0.05) is 25.8 Å². The molecule has 22 heavy (non-hydrogen) atoms. The molecule has 0 saturated heterocycles. The van der Waals surface area contributed by atoms with Crippen LogP contribution in [0.25, 0.3) is 11.0 Å². The lowest BCUT2D eigenvalue weighted by molar-refractivity contribution is 0.0798. The molecule has 0 spiro atoms. The summed E-state index contributed by atoms with van der Waals surface area (Å²) in [7, 11) is 3.70. The zero-order chi connectivity index (χ0) is 16.3. The zero-order valence-corrected chi connectivity index (χ0v) is 14.1. The van der Waals surface area contributed by atoms with E-state index in [-0.39, 0.29) is 11.9 Å². The number of amides is 1. The number of nitrogens with zero attached hydrogens (tertiary/aromatic N) is 4. The lowest BCUT2D eigenvalue weighted by Crippen LogP contribution is -2.33. The molecule has 2 aromatic heterocycles. The highest BCUT2D eigenvalue weighted by Gasteiger charge is 2.19. The molecule has 0 saturated carbocycles. The van der Waals surface area contributed by atoms with Gasteiger partial charge in [-0.2, -0.15) is 5.10 Å². The van der Waals surface area contributed by atoms with E-state index in [9.17, 15) is 4.79 Å². The van der Waals surface area contributed by atoms with Gasteiger partial charge in [0.05, 0.1) is 23.2 Å². The molecule has 6 heteroatoms. The molecule has 2 rings (SSSR count). The maximum Gasteiger partial charge on any atom is 0.254 e. The number of rotatable bonds is 6. The fraction of sp³-hybridized carbons (Fsp3) is 0.562. The molecule has 0 aliphatic heterocycles. The first kappa shape index (κ1) is 16.4. The number of likely N-dealkylation sites (N-methyl/N-ethyl adjacent to an activating group) is 2. The number of nitrogens with one attached hydrogen (secondary N) is 1. The summed E-state index contributed by atoms with van der Waals surface area (Å²) in [6.07, 6.45) is 2.73. The third kappa shape index (κ3) is 3.11. The third-order valence-corrected chi connectivity index (χ3v) is 3.98. The van der Waals surface area contributed by atoms with Crippen LogP contribution >= 0.6 is 0 Å². The normalized spacial score (nSPS) is 12.6. The van der Waals surface area contributed by atoms with E-state index in [0.717, 1.165) is 29.7 Å². The number of aryl methyl sites for hydroxylation is 1. The van der Waals surface area contributed by atoms with Crippen molar-refractivity contribution in [2.45, 2.75) is 33.2 Å². The van der Waals surface area contributed by atoms with Gasteiger partial charge in [-0.15, -0.1) is 0 Å². The predicted molar refractivity (Wildman–Crippen MR) is 88.2 cm³/mol. The van der Waals surface area contributed by atoms with Crippen LogP contribution in [0.2, 0.25) is 0 Å². The Hall–Kier alpha value is -1.95. The van der Waals surface area contributed by atoms with E-state index in [0.29, 0.717) is 12.1 Å². The molecule has 1 N–H and O–H groups in total. The number of aromatic nitrogens is 3. The summed E-state index contributed by atoms with van der Waals surface area (Å²) in [6, 6.07) is 2.11. The minimum atomic E-state index is 0.00875. The van der Waals surface area contributed by atoms with Crippen LogP contribution in [0.1, 0.15) is 42.4 Å². The summed E-state index contributed by atoms with van der Waals surface area (Å²) in [4.78, 5) is 19.0. The van der Waals surface area contributed by atoms with Gasteiger partial charge >= 0.3 is 0 Å². The molecule has 120 valence electrons. The summed E-state index contributed by atoms with van der Waals surface area (Å²) in [6.45, 7) is 7.57. The quantitative estimate of drug-likeness (QED) is 0.886. The van der Waals surface area contributed by atoms with Gasteiger partial charge in [-0.25, -0.2) is 9.67 Å². The van der Waals surface area contributed by atoms with Crippen LogP contribution in [-0.4, -0.2) is 52.8 Å². The van der Waals surface area contributed by atoms with Crippen LogP contribution in [0, 0.1) is 6.92 Å². The molecule has 0 fully saturated rings. The van der Waals surface area contributed by atoms with Crippen LogP contribution in [0.3, 0.4) is 0 Å². The van der Waals surface area contributed by atoms with Gasteiger partial charge in [0.15, 0.2) is 5.65 Å². The first-order chi connectivity index (χ1) is 10.5. The standard InChI is InChI=1S/C16H25N5O/c1-6-12(3)21-15-14(10-18-21)13(9-11(2)19-15)16(22)20(5)8-7-17-4/h9-10,12,17H,6-8H2,1-5H3. The van der Waals surface area contributed by atoms with Gasteiger partial charge in [-0.1, -0.05) is 6.92 Å². The Morgan fingerprint density at radius 3 is 2.86 bits per heavy atom. The Bertz CT molecular complexity index is 664. The SMILES string of the molecule is CCC(C)n1ncc2c(C(=O)N(C)CCNC)cc(C)nc21. The van der Waals surface area contributed by atoms with Crippen molar-refractivity contribution in [2.75, 3.05) is 27.2 Å². The summed E-state index contributed by atoms with van der Waals surface area (Å²) >= 11 is 0. The van der Waals surface area contributed by atoms with Gasteiger partial charge < -0.3 is 10.2 Å². The molecule has 1 unspecified atom stereocenters. The smallest absolute Gasteiger partial charge is 0.254 e. The van der Waals surface area contributed by atoms with Crippen molar-refractivity contribution in [1.29, 1.82) is 0 Å². The molecule has 1 amide bonds. The summed E-state index contributed by atoms with van der Waals surface area (Å²) < 4.78 is 1.91. The van der Waals surface area contributed by atoms with E-state index in [1.54, 1.807) is 11.1 Å². The van der Waals surface area contributed by atoms with Crippen molar-refractivity contribution in [1.82, 2.24) is 25.0 Å². The Morgan fingerprint density at radius 1 is 1.50 bits per heavy atom. The molecule has 0 bridgehead atoms. The van der Waals surface area contributed by atoms with E-state index in [1.807, 2.05) is 31.8 Å². The van der Waals surface area contributed by atoms with Crippen molar-refractivity contribution >= 4 is 16.9 Å². The maximum atomic E-state index is 12.7. The summed E-state index contributed by atoms with van der Waals surface area (Å²) in [5.74, 6) is 0.00875. The molecular formula is C16H25N5O. The van der Waals surface area contributed by atoms with Gasteiger partial charge in [-0.3, -0.25) is 4.79 Å². The van der Waals surface area contributed by atoms with Crippen molar-refractivity contribution in [2.24, 2.45) is 0 Å². The second-order valence-electron chi connectivity index (χ2n) is 5.73. The molecule has 1 atom stereocenters. The van der Waals surface area contributed by atoms with E-state index < -0.39 is 0 Å². The molecule has 0 aliphatic carbocycles. The molecule has 0 radical (unpaired) electrons. The topological polar surface area (TPSA) is 63.1 Å². The Balaban J connectivity index is 2.46. The summed E-state index contributed by atoms with van der Waals surface area (Å²) in [5, 5.41) is 8.33. The average Bonchev–Trinajstić information content (AvgIpc) is 2.93. The number of carbonyl (C=O) groups is 1. The lowest BCUT2D eigenvalue weighted by atomic mass is 10.1. The monoisotopic (exact) mass is 303 g/mol. The van der Waals surface area contributed by atoms with Gasteiger partial charge in [-0.05, 0) is 33.4 Å². The molecular weight excluding hydrogens is 278 g/mol. The van der Waals surface area contributed by atoms with Crippen molar-refractivity contribution in [3.63, 3.8) is 0 Å². The second-order valence-corrected chi connectivity index (χ2v) is 5.73. The molecule has 6 nitrogen and oxygen atoms in total. The average molecular weight is 303 g/mol. The second kappa shape index (κ2) is 6.87. The van der Waals surface area contributed by atoms with Crippen molar-refractivity contribution in [3.8, 4) is 0 Å². The summed E-state index contributed by atoms with van der Waals surface area (Å²) in [5.41, 5.74) is 2.30. The fourth-order valence-corrected chi connectivity index (χ4v) is 2.40. The van der Waals surface area contributed by atoms with Crippen LogP contribution in [0.4, 0.5) is 0 Å². The van der Waals surface area contributed by atoms with E-state index in [4.69, 9.17) is 0 Å². The number of hydrogen-bond donors (Lipinski definition) is 1. The molecule has 2 aromatic rings. The number of fused-ring (bicyclic) bond motifs is 1. The predicted octanol–water partition coefficient (Wildman–Crippen LogP) is 2.00. The van der Waals surface area contributed by atoms with E-state index in [1.165, 1.54) is 0 Å². The van der Waals surface area contributed by atoms with E-state index >= 15 is 0 Å².